The SMILES string of the molecule is CC(C)c1cc(C(=O)Nc2ccc(-c3n[nH]c(CN)n3)cc2)n[nH]1. The molecule has 0 saturated carbocycles. The van der Waals surface area contributed by atoms with Crippen LogP contribution in [0.15, 0.2) is 30.3 Å². The van der Waals surface area contributed by atoms with Crippen molar-refractivity contribution < 1.29 is 4.79 Å². The van der Waals surface area contributed by atoms with E-state index >= 15 is 0 Å². The number of carbonyl (C=O) groups excluding carboxylic acids is 1. The van der Waals surface area contributed by atoms with Gasteiger partial charge in [0, 0.05) is 16.9 Å². The first-order valence-corrected chi connectivity index (χ1v) is 7.65. The predicted molar refractivity (Wildman–Crippen MR) is 90.3 cm³/mol. The lowest BCUT2D eigenvalue weighted by molar-refractivity contribution is 0.102. The van der Waals surface area contributed by atoms with Crippen LogP contribution in [-0.2, 0) is 6.54 Å². The van der Waals surface area contributed by atoms with Gasteiger partial charge in [0.2, 0.25) is 0 Å². The number of hydrogen-bond donors (Lipinski definition) is 4. The van der Waals surface area contributed by atoms with Gasteiger partial charge in [0.05, 0.1) is 6.54 Å². The third-order valence-corrected chi connectivity index (χ3v) is 3.58. The lowest BCUT2D eigenvalue weighted by atomic mass is 10.1. The standard InChI is InChI=1S/C16H19N7O/c1-9(2)12-7-13(21-20-12)16(24)18-11-5-3-10(4-6-11)15-19-14(8-17)22-23-15/h3-7,9H,8,17H2,1-2H3,(H,18,24)(H,20,21)(H,19,22,23). The van der Waals surface area contributed by atoms with Gasteiger partial charge in [-0.2, -0.15) is 10.2 Å². The van der Waals surface area contributed by atoms with Crippen molar-refractivity contribution in [2.75, 3.05) is 5.32 Å². The van der Waals surface area contributed by atoms with Crippen molar-refractivity contribution in [3.63, 3.8) is 0 Å². The molecule has 3 aromatic rings. The van der Waals surface area contributed by atoms with Crippen molar-refractivity contribution in [2.24, 2.45) is 5.73 Å². The largest absolute Gasteiger partial charge is 0.324 e. The third kappa shape index (κ3) is 3.33. The highest BCUT2D eigenvalue weighted by Gasteiger charge is 2.12. The molecular formula is C16H19N7O. The number of carbonyl (C=O) groups is 1. The monoisotopic (exact) mass is 325 g/mol. The number of nitrogens with zero attached hydrogens (tertiary/aromatic N) is 3. The minimum absolute atomic E-state index is 0.255. The molecule has 0 aliphatic rings. The summed E-state index contributed by atoms with van der Waals surface area (Å²) in [5.74, 6) is 1.23. The Kier molecular flexibility index (Phi) is 4.39. The highest BCUT2D eigenvalue weighted by molar-refractivity contribution is 6.03. The third-order valence-electron chi connectivity index (χ3n) is 3.58. The molecule has 1 aromatic carbocycles. The second kappa shape index (κ2) is 6.63. The van der Waals surface area contributed by atoms with Crippen molar-refractivity contribution in [1.29, 1.82) is 0 Å². The van der Waals surface area contributed by atoms with Gasteiger partial charge in [-0.25, -0.2) is 4.98 Å². The normalized spacial score (nSPS) is 11.0. The molecule has 8 heteroatoms. The molecule has 2 aromatic heterocycles. The molecule has 0 saturated heterocycles. The van der Waals surface area contributed by atoms with Crippen molar-refractivity contribution >= 4 is 11.6 Å². The summed E-state index contributed by atoms with van der Waals surface area (Å²) in [4.78, 5) is 16.5. The summed E-state index contributed by atoms with van der Waals surface area (Å²) in [5.41, 5.74) is 8.31. The van der Waals surface area contributed by atoms with E-state index in [1.807, 2.05) is 26.0 Å². The Morgan fingerprint density at radius 3 is 2.54 bits per heavy atom. The first-order valence-electron chi connectivity index (χ1n) is 7.65. The topological polar surface area (TPSA) is 125 Å². The van der Waals surface area contributed by atoms with Crippen LogP contribution in [0.2, 0.25) is 0 Å². The van der Waals surface area contributed by atoms with Crippen LogP contribution in [0.4, 0.5) is 5.69 Å². The predicted octanol–water partition coefficient (Wildman–Crippen LogP) is 2.03. The summed E-state index contributed by atoms with van der Waals surface area (Å²) in [7, 11) is 0. The fourth-order valence-electron chi connectivity index (χ4n) is 2.16. The van der Waals surface area contributed by atoms with E-state index in [9.17, 15) is 4.79 Å². The average molecular weight is 325 g/mol. The number of benzene rings is 1. The van der Waals surface area contributed by atoms with Crippen LogP contribution in [-0.4, -0.2) is 31.3 Å². The van der Waals surface area contributed by atoms with Crippen LogP contribution in [0.5, 0.6) is 0 Å². The van der Waals surface area contributed by atoms with Crippen LogP contribution in [0.3, 0.4) is 0 Å². The van der Waals surface area contributed by atoms with Gasteiger partial charge in [-0.1, -0.05) is 13.8 Å². The molecule has 1 amide bonds. The van der Waals surface area contributed by atoms with E-state index in [0.717, 1.165) is 11.3 Å². The minimum atomic E-state index is -0.255. The maximum absolute atomic E-state index is 12.2. The van der Waals surface area contributed by atoms with Crippen LogP contribution in [0.1, 0.15) is 41.8 Å². The van der Waals surface area contributed by atoms with E-state index in [2.05, 4.69) is 30.7 Å². The Balaban J connectivity index is 1.70. The second-order valence-electron chi connectivity index (χ2n) is 5.70. The zero-order valence-corrected chi connectivity index (χ0v) is 13.5. The van der Waals surface area contributed by atoms with Gasteiger partial charge < -0.3 is 11.1 Å². The van der Waals surface area contributed by atoms with Crippen molar-refractivity contribution in [2.45, 2.75) is 26.3 Å². The zero-order chi connectivity index (χ0) is 17.1. The van der Waals surface area contributed by atoms with E-state index in [-0.39, 0.29) is 11.8 Å². The Hall–Kier alpha value is -3.00. The van der Waals surface area contributed by atoms with Gasteiger partial charge in [-0.15, -0.1) is 0 Å². The highest BCUT2D eigenvalue weighted by Crippen LogP contribution is 2.19. The number of nitrogens with two attached hydrogens (primary N) is 1. The molecule has 0 aliphatic carbocycles. The molecule has 0 atom stereocenters. The molecule has 0 aliphatic heterocycles. The van der Waals surface area contributed by atoms with E-state index in [0.29, 0.717) is 29.6 Å². The number of anilines is 1. The molecule has 3 rings (SSSR count). The van der Waals surface area contributed by atoms with Crippen molar-refractivity contribution in [1.82, 2.24) is 25.4 Å². The van der Waals surface area contributed by atoms with Crippen LogP contribution in [0, 0.1) is 0 Å². The van der Waals surface area contributed by atoms with Crippen LogP contribution < -0.4 is 11.1 Å². The molecule has 0 spiro atoms. The maximum atomic E-state index is 12.2. The molecule has 124 valence electrons. The molecular weight excluding hydrogens is 306 g/mol. The molecule has 0 radical (unpaired) electrons. The fraction of sp³-hybridized carbons (Fsp3) is 0.250. The summed E-state index contributed by atoms with van der Waals surface area (Å²) in [5, 5.41) is 16.6. The Morgan fingerprint density at radius 1 is 1.21 bits per heavy atom. The quantitative estimate of drug-likeness (QED) is 0.571. The van der Waals surface area contributed by atoms with E-state index in [1.54, 1.807) is 18.2 Å². The number of hydrogen-bond acceptors (Lipinski definition) is 5. The van der Waals surface area contributed by atoms with E-state index < -0.39 is 0 Å². The smallest absolute Gasteiger partial charge is 0.276 e. The highest BCUT2D eigenvalue weighted by atomic mass is 16.1. The summed E-state index contributed by atoms with van der Waals surface area (Å²) in [6.45, 7) is 4.38. The molecule has 8 nitrogen and oxygen atoms in total. The zero-order valence-electron chi connectivity index (χ0n) is 13.5. The summed E-state index contributed by atoms with van der Waals surface area (Å²) >= 11 is 0. The molecule has 0 unspecified atom stereocenters. The van der Waals surface area contributed by atoms with Gasteiger partial charge in [0.25, 0.3) is 5.91 Å². The first-order chi connectivity index (χ1) is 11.6. The summed E-state index contributed by atoms with van der Waals surface area (Å²) in [6.07, 6.45) is 0. The van der Waals surface area contributed by atoms with Gasteiger partial charge in [0.1, 0.15) is 5.82 Å². The fourth-order valence-corrected chi connectivity index (χ4v) is 2.16. The number of nitrogens with one attached hydrogen (secondary N) is 3. The first kappa shape index (κ1) is 15.9. The van der Waals surface area contributed by atoms with Gasteiger partial charge >= 0.3 is 0 Å². The summed E-state index contributed by atoms with van der Waals surface area (Å²) < 4.78 is 0. The lowest BCUT2D eigenvalue weighted by Gasteiger charge is -2.03. The van der Waals surface area contributed by atoms with Crippen molar-refractivity contribution in [3.05, 3.63) is 47.5 Å². The lowest BCUT2D eigenvalue weighted by Crippen LogP contribution is -2.12. The average Bonchev–Trinajstić information content (AvgIpc) is 3.25. The Morgan fingerprint density at radius 2 is 1.96 bits per heavy atom. The van der Waals surface area contributed by atoms with Crippen LogP contribution >= 0.6 is 0 Å². The van der Waals surface area contributed by atoms with E-state index in [4.69, 9.17) is 5.73 Å². The Bertz CT molecular complexity index is 832. The van der Waals surface area contributed by atoms with Crippen LogP contribution in [0.25, 0.3) is 11.4 Å². The summed E-state index contributed by atoms with van der Waals surface area (Å²) in [6, 6.07) is 9.02. The Labute approximate surface area is 138 Å². The van der Waals surface area contributed by atoms with Gasteiger partial charge in [-0.05, 0) is 36.2 Å². The molecule has 5 N–H and O–H groups in total. The second-order valence-corrected chi connectivity index (χ2v) is 5.70. The van der Waals surface area contributed by atoms with Gasteiger partial charge in [0.15, 0.2) is 11.5 Å². The van der Waals surface area contributed by atoms with Crippen molar-refractivity contribution in [3.8, 4) is 11.4 Å². The minimum Gasteiger partial charge on any atom is -0.324 e. The number of amides is 1. The molecule has 0 fully saturated rings. The number of H-pyrrole nitrogens is 2. The number of rotatable bonds is 5. The molecule has 2 heterocycles. The number of aromatic nitrogens is 5. The van der Waals surface area contributed by atoms with E-state index in [1.165, 1.54) is 0 Å². The number of aromatic amines is 2. The molecule has 24 heavy (non-hydrogen) atoms. The molecule has 0 bridgehead atoms. The maximum Gasteiger partial charge on any atom is 0.276 e. The van der Waals surface area contributed by atoms with Gasteiger partial charge in [-0.3, -0.25) is 15.0 Å².